The normalized spacial score (nSPS) is 20.0. The van der Waals surface area contributed by atoms with E-state index in [2.05, 4.69) is 53.5 Å². The number of benzene rings is 2. The van der Waals surface area contributed by atoms with Gasteiger partial charge in [0.05, 0.1) is 13.0 Å². The van der Waals surface area contributed by atoms with Crippen molar-refractivity contribution in [2.24, 2.45) is 11.8 Å². The maximum Gasteiger partial charge on any atom is 0.226 e. The number of rotatable bonds is 10. The molecule has 0 radical (unpaired) electrons. The van der Waals surface area contributed by atoms with Crippen molar-refractivity contribution < 1.29 is 14.3 Å². The summed E-state index contributed by atoms with van der Waals surface area (Å²) in [6.07, 6.45) is 10.3. The first-order valence-electron chi connectivity index (χ1n) is 13.0. The zero-order valence-corrected chi connectivity index (χ0v) is 20.9. The minimum atomic E-state index is -0.204. The molecule has 0 spiro atoms. The number of amides is 1. The molecular weight excluding hydrogens is 436 g/mol. The van der Waals surface area contributed by atoms with Gasteiger partial charge in [0.2, 0.25) is 5.91 Å². The van der Waals surface area contributed by atoms with Gasteiger partial charge in [-0.15, -0.1) is 0 Å². The topological polar surface area (TPSA) is 49.9 Å². The molecule has 5 nitrogen and oxygen atoms in total. The number of carbonyl (C=O) groups excluding carboxylic acids is 2. The molecule has 1 aliphatic carbocycles. The van der Waals surface area contributed by atoms with Gasteiger partial charge in [0.15, 0.2) is 0 Å². The minimum absolute atomic E-state index is 0.158. The van der Waals surface area contributed by atoms with E-state index < -0.39 is 0 Å². The van der Waals surface area contributed by atoms with Crippen molar-refractivity contribution in [3.63, 3.8) is 0 Å². The van der Waals surface area contributed by atoms with Crippen LogP contribution in [-0.4, -0.2) is 49.9 Å². The van der Waals surface area contributed by atoms with Gasteiger partial charge in [0, 0.05) is 44.2 Å². The summed E-state index contributed by atoms with van der Waals surface area (Å²) in [6, 6.07) is 18.6. The molecule has 0 bridgehead atoms. The van der Waals surface area contributed by atoms with Gasteiger partial charge in [-0.1, -0.05) is 48.9 Å². The van der Waals surface area contributed by atoms with Gasteiger partial charge in [0.25, 0.3) is 0 Å². The zero-order valence-electron chi connectivity index (χ0n) is 20.9. The van der Waals surface area contributed by atoms with Crippen LogP contribution in [0.3, 0.4) is 0 Å². The quantitative estimate of drug-likeness (QED) is 0.346. The van der Waals surface area contributed by atoms with Crippen LogP contribution >= 0.6 is 0 Å². The first kappa shape index (κ1) is 25.0. The van der Waals surface area contributed by atoms with E-state index in [9.17, 15) is 9.59 Å². The van der Waals surface area contributed by atoms with Crippen LogP contribution in [0.4, 0.5) is 5.69 Å². The van der Waals surface area contributed by atoms with Crippen LogP contribution in [0.25, 0.3) is 0 Å². The fraction of sp³-hybridized carbons (Fsp3) is 0.467. The third kappa shape index (κ3) is 6.74. The summed E-state index contributed by atoms with van der Waals surface area (Å²) in [7, 11) is 1.67. The molecule has 1 amide bonds. The summed E-state index contributed by atoms with van der Waals surface area (Å²) in [5, 5.41) is 0. The molecule has 2 atom stereocenters. The van der Waals surface area contributed by atoms with Crippen LogP contribution in [0.5, 0.6) is 5.75 Å². The van der Waals surface area contributed by atoms with E-state index in [0.717, 1.165) is 50.2 Å². The molecule has 1 heterocycles. The highest BCUT2D eigenvalue weighted by atomic mass is 16.5. The summed E-state index contributed by atoms with van der Waals surface area (Å²) < 4.78 is 5.25. The highest BCUT2D eigenvalue weighted by molar-refractivity contribution is 5.89. The third-order valence-electron chi connectivity index (χ3n) is 7.42. The van der Waals surface area contributed by atoms with E-state index in [1.807, 2.05) is 23.1 Å². The summed E-state index contributed by atoms with van der Waals surface area (Å²) in [4.78, 5) is 30.8. The maximum absolute atomic E-state index is 13.4. The second-order valence-electron chi connectivity index (χ2n) is 9.68. The number of ether oxygens (including phenoxy) is 1. The molecule has 0 saturated carbocycles. The minimum Gasteiger partial charge on any atom is -0.497 e. The number of nitrogens with zero attached hydrogens (tertiary/aromatic N) is 2. The van der Waals surface area contributed by atoms with Crippen LogP contribution < -0.4 is 9.64 Å². The van der Waals surface area contributed by atoms with Crippen molar-refractivity contribution in [2.75, 3.05) is 38.2 Å². The number of carbonyl (C=O) groups is 2. The summed E-state index contributed by atoms with van der Waals surface area (Å²) in [5.41, 5.74) is 2.51. The fourth-order valence-electron chi connectivity index (χ4n) is 5.29. The SMILES string of the molecule is COc1ccc(N2CCN(C(=O)C3CC=CCC3C(=O)CCCCCc3ccccc3)CC2)cc1. The number of ketones is 1. The van der Waals surface area contributed by atoms with E-state index in [4.69, 9.17) is 4.74 Å². The second kappa shape index (κ2) is 12.6. The standard InChI is InChI=1S/C30H38N2O3/c1-35-26-18-16-25(17-19-26)31-20-22-32(23-21-31)30(34)28-14-9-8-13-27(28)29(33)15-7-3-6-12-24-10-4-2-5-11-24/h2,4-5,8-11,16-19,27-28H,3,6-7,12-15,20-23H2,1H3. The Hall–Kier alpha value is -3.08. The van der Waals surface area contributed by atoms with Gasteiger partial charge >= 0.3 is 0 Å². The van der Waals surface area contributed by atoms with Crippen molar-refractivity contribution in [1.29, 1.82) is 0 Å². The summed E-state index contributed by atoms with van der Waals surface area (Å²) in [5.74, 6) is 0.904. The molecule has 2 aromatic carbocycles. The van der Waals surface area contributed by atoms with Crippen molar-refractivity contribution in [2.45, 2.75) is 44.9 Å². The van der Waals surface area contributed by atoms with Gasteiger partial charge < -0.3 is 14.5 Å². The van der Waals surface area contributed by atoms with Crippen molar-refractivity contribution in [3.05, 3.63) is 72.3 Å². The predicted octanol–water partition coefficient (Wildman–Crippen LogP) is 5.30. The number of hydrogen-bond donors (Lipinski definition) is 0. The lowest BCUT2D eigenvalue weighted by molar-refractivity contribution is -0.141. The number of aryl methyl sites for hydroxylation is 1. The van der Waals surface area contributed by atoms with E-state index in [-0.39, 0.29) is 23.5 Å². The molecular formula is C30H38N2O3. The van der Waals surface area contributed by atoms with E-state index in [0.29, 0.717) is 32.4 Å². The molecule has 4 rings (SSSR count). The van der Waals surface area contributed by atoms with E-state index >= 15 is 0 Å². The molecule has 0 aromatic heterocycles. The molecule has 1 saturated heterocycles. The van der Waals surface area contributed by atoms with Crippen molar-refractivity contribution >= 4 is 17.4 Å². The number of methoxy groups -OCH3 is 1. The molecule has 2 aromatic rings. The lowest BCUT2D eigenvalue weighted by Gasteiger charge is -2.39. The summed E-state index contributed by atoms with van der Waals surface area (Å²) in [6.45, 7) is 3.01. The second-order valence-corrected chi connectivity index (χ2v) is 9.68. The number of unbranched alkanes of at least 4 members (excludes halogenated alkanes) is 2. The number of anilines is 1. The highest BCUT2D eigenvalue weighted by Crippen LogP contribution is 2.30. The van der Waals surface area contributed by atoms with Gasteiger partial charge in [-0.05, 0) is 61.9 Å². The van der Waals surface area contributed by atoms with E-state index in [1.54, 1.807) is 7.11 Å². The molecule has 35 heavy (non-hydrogen) atoms. The monoisotopic (exact) mass is 474 g/mol. The van der Waals surface area contributed by atoms with E-state index in [1.165, 1.54) is 5.56 Å². The first-order chi connectivity index (χ1) is 17.2. The maximum atomic E-state index is 13.4. The number of hydrogen-bond acceptors (Lipinski definition) is 4. The van der Waals surface area contributed by atoms with Crippen LogP contribution in [-0.2, 0) is 16.0 Å². The van der Waals surface area contributed by atoms with Crippen LogP contribution in [0.15, 0.2) is 66.7 Å². The zero-order chi connectivity index (χ0) is 24.5. The Bertz CT molecular complexity index is 978. The third-order valence-corrected chi connectivity index (χ3v) is 7.42. The molecule has 2 unspecified atom stereocenters. The molecule has 1 fully saturated rings. The Labute approximate surface area is 209 Å². The molecule has 2 aliphatic rings. The Balaban J connectivity index is 1.24. The highest BCUT2D eigenvalue weighted by Gasteiger charge is 2.36. The Kier molecular flexibility index (Phi) is 8.99. The molecule has 1 aliphatic heterocycles. The Morgan fingerprint density at radius 1 is 0.829 bits per heavy atom. The van der Waals surface area contributed by atoms with Crippen molar-refractivity contribution in [3.8, 4) is 5.75 Å². The first-order valence-corrected chi connectivity index (χ1v) is 13.0. The number of piperazine rings is 1. The van der Waals surface area contributed by atoms with Gasteiger partial charge in [0.1, 0.15) is 11.5 Å². The molecule has 186 valence electrons. The average Bonchev–Trinajstić information content (AvgIpc) is 2.93. The molecule has 0 N–H and O–H groups in total. The van der Waals surface area contributed by atoms with Gasteiger partial charge in [-0.3, -0.25) is 9.59 Å². The Morgan fingerprint density at radius 3 is 2.20 bits per heavy atom. The van der Waals surface area contributed by atoms with Crippen LogP contribution in [0.2, 0.25) is 0 Å². The lowest BCUT2D eigenvalue weighted by atomic mass is 9.78. The smallest absolute Gasteiger partial charge is 0.226 e. The summed E-state index contributed by atoms with van der Waals surface area (Å²) >= 11 is 0. The lowest BCUT2D eigenvalue weighted by Crippen LogP contribution is -2.52. The largest absolute Gasteiger partial charge is 0.497 e. The van der Waals surface area contributed by atoms with Gasteiger partial charge in [-0.2, -0.15) is 0 Å². The Morgan fingerprint density at radius 2 is 1.51 bits per heavy atom. The van der Waals surface area contributed by atoms with Crippen LogP contribution in [0.1, 0.15) is 44.1 Å². The fourth-order valence-corrected chi connectivity index (χ4v) is 5.29. The number of Topliss-reactive ketones (excluding diaryl/α,β-unsaturated/α-hetero) is 1. The van der Waals surface area contributed by atoms with Crippen molar-refractivity contribution in [1.82, 2.24) is 4.90 Å². The predicted molar refractivity (Wildman–Crippen MR) is 141 cm³/mol. The van der Waals surface area contributed by atoms with Crippen LogP contribution in [0, 0.1) is 11.8 Å². The molecule has 5 heteroatoms. The number of allylic oxidation sites excluding steroid dienone is 2. The average molecular weight is 475 g/mol. The van der Waals surface area contributed by atoms with Gasteiger partial charge in [-0.25, -0.2) is 0 Å².